The summed E-state index contributed by atoms with van der Waals surface area (Å²) >= 11 is 0. The summed E-state index contributed by atoms with van der Waals surface area (Å²) in [6.07, 6.45) is 13.7. The van der Waals surface area contributed by atoms with E-state index in [0.29, 0.717) is 6.42 Å². The molecule has 4 aromatic carbocycles. The Morgan fingerprint density at radius 3 is 2.47 bits per heavy atom. The molecule has 0 spiro atoms. The van der Waals surface area contributed by atoms with E-state index in [1.54, 1.807) is 0 Å². The summed E-state index contributed by atoms with van der Waals surface area (Å²) in [5.41, 5.74) is 9.88. The maximum absolute atomic E-state index is 13.4. The number of carbonyl (C=O) groups excluding carboxylic acids is 1. The Kier molecular flexibility index (Phi) is 3.69. The molecular formula is C34H21NO3. The Balaban J connectivity index is 1.34. The van der Waals surface area contributed by atoms with E-state index in [2.05, 4.69) is 72.8 Å². The summed E-state index contributed by atoms with van der Waals surface area (Å²) in [6.45, 7) is 0. The van der Waals surface area contributed by atoms with E-state index in [1.165, 1.54) is 71.8 Å². The van der Waals surface area contributed by atoms with Gasteiger partial charge in [0.05, 0.1) is 10.8 Å². The highest BCUT2D eigenvalue weighted by Gasteiger charge is 2.49. The van der Waals surface area contributed by atoms with Gasteiger partial charge >= 0.3 is 5.70 Å². The number of fused-ring (bicyclic) bond motifs is 6. The third-order valence-electron chi connectivity index (χ3n) is 9.52. The van der Waals surface area contributed by atoms with Crippen LogP contribution in [-0.2, 0) is 11.2 Å². The minimum atomic E-state index is -0.528. The molecule has 180 valence electrons. The fourth-order valence-electron chi connectivity index (χ4n) is 8.05. The van der Waals surface area contributed by atoms with Gasteiger partial charge < -0.3 is 0 Å². The van der Waals surface area contributed by atoms with E-state index in [-0.39, 0.29) is 23.3 Å². The van der Waals surface area contributed by atoms with Gasteiger partial charge in [0, 0.05) is 17.9 Å². The van der Waals surface area contributed by atoms with Crippen LogP contribution >= 0.6 is 0 Å². The van der Waals surface area contributed by atoms with Crippen LogP contribution in [0.5, 0.6) is 0 Å². The Morgan fingerprint density at radius 2 is 1.58 bits per heavy atom. The van der Waals surface area contributed by atoms with Crippen LogP contribution in [0.25, 0.3) is 44.8 Å². The zero-order valence-corrected chi connectivity index (χ0v) is 20.4. The first-order valence-electron chi connectivity index (χ1n) is 13.2. The first-order valence-corrected chi connectivity index (χ1v) is 13.2. The first kappa shape index (κ1) is 20.5. The molecule has 0 bridgehead atoms. The second-order valence-corrected chi connectivity index (χ2v) is 11.1. The van der Waals surface area contributed by atoms with Gasteiger partial charge in [-0.05, 0) is 73.0 Å². The fraction of sp³-hybridized carbons (Fsp3) is 0.147. The van der Waals surface area contributed by atoms with Crippen molar-refractivity contribution in [3.05, 3.63) is 127 Å². The Bertz CT molecular complexity index is 2040. The SMILES string of the molecule is O=C1C([N+](=O)[O-])=CC=C2CC3=CC=c4c5c(c6ccc7c8c(ccc4c68)Cc4ccccc4-7)C=CC(C12)C35. The highest BCUT2D eigenvalue weighted by Crippen LogP contribution is 2.54. The zero-order valence-electron chi connectivity index (χ0n) is 20.4. The van der Waals surface area contributed by atoms with Crippen LogP contribution in [0.2, 0.25) is 0 Å². The van der Waals surface area contributed by atoms with E-state index >= 15 is 0 Å². The lowest BCUT2D eigenvalue weighted by Crippen LogP contribution is -2.41. The van der Waals surface area contributed by atoms with Crippen molar-refractivity contribution in [1.82, 2.24) is 0 Å². The van der Waals surface area contributed by atoms with E-state index in [0.717, 1.165) is 12.0 Å². The Labute approximate surface area is 218 Å². The Hall–Kier alpha value is -4.57. The van der Waals surface area contributed by atoms with Gasteiger partial charge in [-0.1, -0.05) is 90.1 Å². The van der Waals surface area contributed by atoms with Crippen LogP contribution < -0.4 is 5.22 Å². The van der Waals surface area contributed by atoms with E-state index in [1.807, 2.05) is 6.08 Å². The molecule has 3 atom stereocenters. The molecule has 0 N–H and O–H groups in total. The topological polar surface area (TPSA) is 60.2 Å². The fourth-order valence-corrected chi connectivity index (χ4v) is 8.05. The minimum absolute atomic E-state index is 0.0587. The van der Waals surface area contributed by atoms with Crippen LogP contribution in [0.4, 0.5) is 0 Å². The summed E-state index contributed by atoms with van der Waals surface area (Å²) in [4.78, 5) is 24.4. The van der Waals surface area contributed by atoms with Crippen LogP contribution in [0.3, 0.4) is 0 Å². The maximum atomic E-state index is 13.4. The van der Waals surface area contributed by atoms with Crippen LogP contribution in [0.1, 0.15) is 34.6 Å². The average Bonchev–Trinajstić information content (AvgIpc) is 2.94. The van der Waals surface area contributed by atoms with Gasteiger partial charge in [-0.25, -0.2) is 0 Å². The predicted octanol–water partition coefficient (Wildman–Crippen LogP) is 6.42. The van der Waals surface area contributed by atoms with Gasteiger partial charge in [-0.15, -0.1) is 0 Å². The molecule has 1 saturated carbocycles. The van der Waals surface area contributed by atoms with Crippen molar-refractivity contribution in [2.75, 3.05) is 0 Å². The third kappa shape index (κ3) is 2.34. The number of nitro groups is 1. The van der Waals surface area contributed by atoms with Crippen molar-refractivity contribution in [3.63, 3.8) is 0 Å². The summed E-state index contributed by atoms with van der Waals surface area (Å²) in [5.74, 6) is -0.875. The molecule has 0 aromatic heterocycles. The number of hydrogen-bond acceptors (Lipinski definition) is 3. The molecule has 1 fully saturated rings. The van der Waals surface area contributed by atoms with Crippen LogP contribution in [-0.4, -0.2) is 10.7 Å². The summed E-state index contributed by atoms with van der Waals surface area (Å²) in [5, 5.41) is 18.0. The molecule has 0 heterocycles. The molecule has 9 rings (SSSR count). The van der Waals surface area contributed by atoms with Crippen molar-refractivity contribution in [1.29, 1.82) is 0 Å². The quantitative estimate of drug-likeness (QED) is 0.201. The molecule has 0 aliphatic heterocycles. The number of rotatable bonds is 1. The molecule has 4 heteroatoms. The normalized spacial score (nSPS) is 23.6. The van der Waals surface area contributed by atoms with E-state index in [4.69, 9.17) is 0 Å². The number of benzene rings is 4. The molecule has 0 radical (unpaired) electrons. The summed E-state index contributed by atoms with van der Waals surface area (Å²) in [6, 6.07) is 17.9. The predicted molar refractivity (Wildman–Crippen MR) is 149 cm³/mol. The number of carbonyl (C=O) groups is 1. The summed E-state index contributed by atoms with van der Waals surface area (Å²) in [7, 11) is 0. The molecular weight excluding hydrogens is 470 g/mol. The van der Waals surface area contributed by atoms with Crippen molar-refractivity contribution < 1.29 is 9.72 Å². The monoisotopic (exact) mass is 491 g/mol. The largest absolute Gasteiger partial charge is 0.312 e. The van der Waals surface area contributed by atoms with Gasteiger partial charge in [0.15, 0.2) is 0 Å². The second-order valence-electron chi connectivity index (χ2n) is 11.1. The number of nitrogens with zero attached hydrogens (tertiary/aromatic N) is 1. The van der Waals surface area contributed by atoms with Crippen molar-refractivity contribution in [2.24, 2.45) is 11.8 Å². The van der Waals surface area contributed by atoms with Crippen molar-refractivity contribution in [3.8, 4) is 11.1 Å². The van der Waals surface area contributed by atoms with E-state index in [9.17, 15) is 14.9 Å². The van der Waals surface area contributed by atoms with Gasteiger partial charge in [-0.3, -0.25) is 14.9 Å². The van der Waals surface area contributed by atoms with Crippen molar-refractivity contribution in [2.45, 2.75) is 18.8 Å². The Morgan fingerprint density at radius 1 is 0.763 bits per heavy atom. The molecule has 3 unspecified atom stereocenters. The van der Waals surface area contributed by atoms with Crippen molar-refractivity contribution >= 4 is 39.5 Å². The minimum Gasteiger partial charge on any atom is -0.286 e. The highest BCUT2D eigenvalue weighted by atomic mass is 16.6. The van der Waals surface area contributed by atoms with E-state index < -0.39 is 10.8 Å². The summed E-state index contributed by atoms with van der Waals surface area (Å²) < 4.78 is 0. The lowest BCUT2D eigenvalue weighted by molar-refractivity contribution is -0.419. The number of hydrogen-bond donors (Lipinski definition) is 0. The molecule has 5 aliphatic rings. The lowest BCUT2D eigenvalue weighted by Gasteiger charge is -2.44. The van der Waals surface area contributed by atoms with Gasteiger partial charge in [0.1, 0.15) is 0 Å². The number of allylic oxidation sites excluding steroid dienone is 7. The average molecular weight is 492 g/mol. The van der Waals surface area contributed by atoms with Gasteiger partial charge in [0.2, 0.25) is 5.78 Å². The molecule has 0 saturated heterocycles. The molecule has 4 nitrogen and oxygen atoms in total. The molecule has 38 heavy (non-hydrogen) atoms. The lowest BCUT2D eigenvalue weighted by atomic mass is 9.58. The number of ketones is 1. The first-order chi connectivity index (χ1) is 18.6. The van der Waals surface area contributed by atoms with Crippen LogP contribution in [0.15, 0.2) is 89.7 Å². The molecule has 0 amide bonds. The smallest absolute Gasteiger partial charge is 0.286 e. The maximum Gasteiger partial charge on any atom is 0.312 e. The molecule has 5 aliphatic carbocycles. The van der Waals surface area contributed by atoms with Gasteiger partial charge in [-0.2, -0.15) is 0 Å². The standard InChI is InChI=1S/C34H21NO3/c36-34-28(35(37)38)14-7-20-16-19-6-9-24-23-8-5-18-15-17-3-1-2-4-21(17)22-10-11-25(32(23)29(18)22)26-12-13-27(31(20)34)30(19)33(24)26/h1-14,27,30-31H,15-16H2. The number of Topliss-reactive ketones (excluding diaryl/α,β-unsaturated/α-hetero) is 1. The highest BCUT2D eigenvalue weighted by molar-refractivity contribution is 6.20. The second kappa shape index (κ2) is 6.84. The third-order valence-corrected chi connectivity index (χ3v) is 9.52. The zero-order chi connectivity index (χ0) is 25.3. The molecule has 4 aromatic rings. The van der Waals surface area contributed by atoms with Crippen LogP contribution in [0, 0.1) is 22.0 Å². The van der Waals surface area contributed by atoms with Gasteiger partial charge in [0.25, 0.3) is 0 Å².